The summed E-state index contributed by atoms with van der Waals surface area (Å²) in [6.45, 7) is 1.26. The Morgan fingerprint density at radius 3 is 2.47 bits per heavy atom. The molecule has 0 heterocycles. The number of carbonyl (C=O) groups excluding carboxylic acids is 2. The highest BCUT2D eigenvalue weighted by molar-refractivity contribution is 7.92. The van der Waals surface area contributed by atoms with Crippen molar-refractivity contribution in [2.24, 2.45) is 5.73 Å². The van der Waals surface area contributed by atoms with Gasteiger partial charge in [0.25, 0.3) is 0 Å². The van der Waals surface area contributed by atoms with Crippen molar-refractivity contribution in [2.45, 2.75) is 6.92 Å². The minimum Gasteiger partial charge on any atom is -0.492 e. The third-order valence-electron chi connectivity index (χ3n) is 2.28. The van der Waals surface area contributed by atoms with E-state index in [0.717, 1.165) is 0 Å². The van der Waals surface area contributed by atoms with Gasteiger partial charge in [-0.05, 0) is 19.1 Å². The molecular formula is C12H15NO5S. The average molecular weight is 285 g/mol. The maximum absolute atomic E-state index is 11.4. The Bertz CT molecular complexity index is 580. The highest BCUT2D eigenvalue weighted by Crippen LogP contribution is 2.18. The minimum absolute atomic E-state index is 0.139. The number of carbonyl (C=O) groups is 2. The third kappa shape index (κ3) is 5.09. The zero-order valence-corrected chi connectivity index (χ0v) is 11.3. The van der Waals surface area contributed by atoms with Crippen molar-refractivity contribution in [2.75, 3.05) is 18.1 Å². The molecule has 6 nitrogen and oxygen atoms in total. The number of hydrogen-bond acceptors (Lipinski definition) is 5. The van der Waals surface area contributed by atoms with Crippen LogP contribution in [0.3, 0.4) is 0 Å². The molecule has 0 unspecified atom stereocenters. The summed E-state index contributed by atoms with van der Waals surface area (Å²) in [6, 6.07) is 6.54. The minimum atomic E-state index is -3.57. The van der Waals surface area contributed by atoms with E-state index in [4.69, 9.17) is 10.5 Å². The Morgan fingerprint density at radius 1 is 1.26 bits per heavy atom. The van der Waals surface area contributed by atoms with E-state index in [1.54, 1.807) is 24.3 Å². The maximum Gasteiger partial charge on any atom is 0.232 e. The van der Waals surface area contributed by atoms with Crippen molar-refractivity contribution >= 4 is 21.5 Å². The number of benzene rings is 1. The van der Waals surface area contributed by atoms with Crippen LogP contribution in [0.5, 0.6) is 5.75 Å². The van der Waals surface area contributed by atoms with Crippen LogP contribution in [0.25, 0.3) is 0 Å². The largest absolute Gasteiger partial charge is 0.492 e. The predicted molar refractivity (Wildman–Crippen MR) is 69.8 cm³/mol. The van der Waals surface area contributed by atoms with Gasteiger partial charge in [-0.25, -0.2) is 8.42 Å². The van der Waals surface area contributed by atoms with E-state index in [9.17, 15) is 18.0 Å². The van der Waals surface area contributed by atoms with Crippen LogP contribution in [0.2, 0.25) is 0 Å². The second-order valence-corrected chi connectivity index (χ2v) is 6.14. The molecule has 2 N–H and O–H groups in total. The summed E-state index contributed by atoms with van der Waals surface area (Å²) in [7, 11) is -3.57. The van der Waals surface area contributed by atoms with Crippen molar-refractivity contribution in [1.82, 2.24) is 0 Å². The van der Waals surface area contributed by atoms with Gasteiger partial charge in [0.05, 0.1) is 11.3 Å². The summed E-state index contributed by atoms with van der Waals surface area (Å²) >= 11 is 0. The molecule has 1 aromatic carbocycles. The van der Waals surface area contributed by atoms with Gasteiger partial charge in [-0.1, -0.05) is 12.1 Å². The molecule has 0 radical (unpaired) electrons. The molecule has 1 aromatic rings. The Balaban J connectivity index is 2.64. The quantitative estimate of drug-likeness (QED) is 0.719. The average Bonchev–Trinajstić information content (AvgIpc) is 2.27. The number of Topliss-reactive ketones (excluding diaryl/α,β-unsaturated/α-hetero) is 1. The molecule has 0 aliphatic carbocycles. The summed E-state index contributed by atoms with van der Waals surface area (Å²) < 4.78 is 28.1. The Kier molecular flexibility index (Phi) is 5.05. The summed E-state index contributed by atoms with van der Waals surface area (Å²) in [6.07, 6.45) is 0. The molecule has 0 aliphatic heterocycles. The molecule has 0 fully saturated rings. The number of primary amides is 1. The first kappa shape index (κ1) is 15.2. The molecular weight excluding hydrogens is 270 g/mol. The zero-order valence-electron chi connectivity index (χ0n) is 10.5. The number of sulfone groups is 1. The lowest BCUT2D eigenvalue weighted by Gasteiger charge is -2.09. The normalized spacial score (nSPS) is 11.0. The van der Waals surface area contributed by atoms with Crippen molar-refractivity contribution in [3.8, 4) is 5.75 Å². The number of rotatable bonds is 7. The second kappa shape index (κ2) is 6.33. The standard InChI is InChI=1S/C12H15NO5S/c1-9(14)10-4-2-3-5-11(10)18-6-7-19(16,17)8-12(13)15/h2-5H,6-8H2,1H3,(H2,13,15). The summed E-state index contributed by atoms with van der Waals surface area (Å²) in [5, 5.41) is 0. The SMILES string of the molecule is CC(=O)c1ccccc1OCCS(=O)(=O)CC(N)=O. The number of para-hydroxylation sites is 1. The van der Waals surface area contributed by atoms with Gasteiger partial charge in [0.2, 0.25) is 5.91 Å². The van der Waals surface area contributed by atoms with Crippen LogP contribution in [-0.4, -0.2) is 38.2 Å². The van der Waals surface area contributed by atoms with Crippen LogP contribution in [0.1, 0.15) is 17.3 Å². The van der Waals surface area contributed by atoms with Crippen LogP contribution >= 0.6 is 0 Å². The van der Waals surface area contributed by atoms with E-state index < -0.39 is 21.5 Å². The van der Waals surface area contributed by atoms with Crippen LogP contribution in [-0.2, 0) is 14.6 Å². The fourth-order valence-corrected chi connectivity index (χ4v) is 2.37. The lowest BCUT2D eigenvalue weighted by molar-refractivity contribution is -0.115. The van der Waals surface area contributed by atoms with Gasteiger partial charge in [-0.3, -0.25) is 9.59 Å². The van der Waals surface area contributed by atoms with E-state index >= 15 is 0 Å². The Hall–Kier alpha value is -1.89. The first-order valence-electron chi connectivity index (χ1n) is 5.53. The molecule has 1 amide bonds. The number of ketones is 1. The number of nitrogens with two attached hydrogens (primary N) is 1. The lowest BCUT2D eigenvalue weighted by Crippen LogP contribution is -2.27. The zero-order chi connectivity index (χ0) is 14.5. The van der Waals surface area contributed by atoms with Gasteiger partial charge >= 0.3 is 0 Å². The molecule has 104 valence electrons. The van der Waals surface area contributed by atoms with E-state index in [1.165, 1.54) is 6.92 Å². The number of ether oxygens (including phenoxy) is 1. The Morgan fingerprint density at radius 2 is 1.89 bits per heavy atom. The molecule has 0 bridgehead atoms. The van der Waals surface area contributed by atoms with E-state index in [2.05, 4.69) is 0 Å². The summed E-state index contributed by atoms with van der Waals surface area (Å²) in [5.41, 5.74) is 5.21. The van der Waals surface area contributed by atoms with Gasteiger partial charge in [-0.2, -0.15) is 0 Å². The fraction of sp³-hybridized carbons (Fsp3) is 0.333. The van der Waals surface area contributed by atoms with Gasteiger partial charge in [0.1, 0.15) is 18.1 Å². The molecule has 0 spiro atoms. The molecule has 1 rings (SSSR count). The second-order valence-electron chi connectivity index (χ2n) is 3.96. The van der Waals surface area contributed by atoms with Crippen molar-refractivity contribution in [3.63, 3.8) is 0 Å². The van der Waals surface area contributed by atoms with Gasteiger partial charge in [-0.15, -0.1) is 0 Å². The maximum atomic E-state index is 11.4. The monoisotopic (exact) mass is 285 g/mol. The van der Waals surface area contributed by atoms with E-state index in [1.807, 2.05) is 0 Å². The van der Waals surface area contributed by atoms with Crippen LogP contribution in [0, 0.1) is 0 Å². The van der Waals surface area contributed by atoms with Gasteiger partial charge < -0.3 is 10.5 Å². The van der Waals surface area contributed by atoms with Crippen LogP contribution in [0.4, 0.5) is 0 Å². The van der Waals surface area contributed by atoms with Crippen LogP contribution < -0.4 is 10.5 Å². The van der Waals surface area contributed by atoms with E-state index in [0.29, 0.717) is 11.3 Å². The molecule has 0 saturated heterocycles. The van der Waals surface area contributed by atoms with Gasteiger partial charge in [0, 0.05) is 0 Å². The van der Waals surface area contributed by atoms with Crippen molar-refractivity contribution < 1.29 is 22.7 Å². The van der Waals surface area contributed by atoms with Crippen molar-refractivity contribution in [3.05, 3.63) is 29.8 Å². The van der Waals surface area contributed by atoms with Crippen LogP contribution in [0.15, 0.2) is 24.3 Å². The first-order chi connectivity index (χ1) is 8.82. The predicted octanol–water partition coefficient (Wildman–Crippen LogP) is 0.168. The molecule has 0 aromatic heterocycles. The highest BCUT2D eigenvalue weighted by atomic mass is 32.2. The lowest BCUT2D eigenvalue weighted by atomic mass is 10.1. The molecule has 0 aliphatic rings. The molecule has 7 heteroatoms. The Labute approximate surface area is 111 Å². The molecule has 0 saturated carbocycles. The number of hydrogen-bond donors (Lipinski definition) is 1. The fourth-order valence-electron chi connectivity index (χ4n) is 1.45. The molecule has 0 atom stereocenters. The van der Waals surface area contributed by atoms with Gasteiger partial charge in [0.15, 0.2) is 15.6 Å². The number of amides is 1. The summed E-state index contributed by atoms with van der Waals surface area (Å²) in [4.78, 5) is 21.9. The van der Waals surface area contributed by atoms with E-state index in [-0.39, 0.29) is 18.1 Å². The smallest absolute Gasteiger partial charge is 0.232 e. The molecule has 19 heavy (non-hydrogen) atoms. The third-order valence-corrected chi connectivity index (χ3v) is 3.79. The first-order valence-corrected chi connectivity index (χ1v) is 7.35. The van der Waals surface area contributed by atoms with Crippen molar-refractivity contribution in [1.29, 1.82) is 0 Å². The topological polar surface area (TPSA) is 104 Å². The summed E-state index contributed by atoms with van der Waals surface area (Å²) in [5.74, 6) is -1.78. The highest BCUT2D eigenvalue weighted by Gasteiger charge is 2.15.